The molecule has 3 aliphatic rings. The maximum atomic E-state index is 12.9. The predicted molar refractivity (Wildman–Crippen MR) is 77.3 cm³/mol. The lowest BCUT2D eigenvalue weighted by atomic mass is 9.71. The van der Waals surface area contributed by atoms with Crippen LogP contribution in [-0.2, 0) is 14.3 Å². The first-order valence-electron chi connectivity index (χ1n) is 7.99. The summed E-state index contributed by atoms with van der Waals surface area (Å²) in [5.41, 5.74) is 5.44. The van der Waals surface area contributed by atoms with Crippen LogP contribution in [0.2, 0.25) is 0 Å². The van der Waals surface area contributed by atoms with E-state index in [2.05, 4.69) is 5.32 Å². The number of nitrogens with one attached hydrogen (secondary N) is 1. The van der Waals surface area contributed by atoms with Gasteiger partial charge in [0, 0.05) is 45.3 Å². The standard InChI is InChI=1S/C15H25N3O3/c16-13(19)11-1-5-18(6-2-11)14(20)12-9-17-10-15(12)3-7-21-8-4-15/h11-12,17H,1-10H2,(H2,16,19). The Labute approximate surface area is 125 Å². The summed E-state index contributed by atoms with van der Waals surface area (Å²) in [7, 11) is 0. The number of ether oxygens (including phenoxy) is 1. The number of rotatable bonds is 2. The lowest BCUT2D eigenvalue weighted by molar-refractivity contribution is -0.143. The van der Waals surface area contributed by atoms with Gasteiger partial charge in [0.1, 0.15) is 0 Å². The van der Waals surface area contributed by atoms with Crippen LogP contribution in [0.1, 0.15) is 25.7 Å². The maximum Gasteiger partial charge on any atom is 0.227 e. The van der Waals surface area contributed by atoms with Crippen LogP contribution in [-0.4, -0.2) is 56.1 Å². The summed E-state index contributed by atoms with van der Waals surface area (Å²) in [5.74, 6) is 0.0228. The molecule has 0 aromatic heterocycles. The van der Waals surface area contributed by atoms with E-state index in [1.54, 1.807) is 0 Å². The highest BCUT2D eigenvalue weighted by atomic mass is 16.5. The number of piperidine rings is 1. The van der Waals surface area contributed by atoms with E-state index in [4.69, 9.17) is 10.5 Å². The maximum absolute atomic E-state index is 12.9. The van der Waals surface area contributed by atoms with Gasteiger partial charge in [-0.3, -0.25) is 9.59 Å². The van der Waals surface area contributed by atoms with Crippen LogP contribution >= 0.6 is 0 Å². The minimum Gasteiger partial charge on any atom is -0.381 e. The van der Waals surface area contributed by atoms with Gasteiger partial charge in [0.25, 0.3) is 0 Å². The normalized spacial score (nSPS) is 29.7. The van der Waals surface area contributed by atoms with Crippen molar-refractivity contribution in [2.45, 2.75) is 25.7 Å². The predicted octanol–water partition coefficient (Wildman–Crippen LogP) is -0.273. The fraction of sp³-hybridized carbons (Fsp3) is 0.867. The molecule has 0 aromatic carbocycles. The molecule has 1 unspecified atom stereocenters. The van der Waals surface area contributed by atoms with Crippen molar-refractivity contribution >= 4 is 11.8 Å². The van der Waals surface area contributed by atoms with Gasteiger partial charge in [0.2, 0.25) is 11.8 Å². The molecule has 2 amide bonds. The number of nitrogens with two attached hydrogens (primary N) is 1. The first-order chi connectivity index (χ1) is 10.1. The molecule has 0 aromatic rings. The summed E-state index contributed by atoms with van der Waals surface area (Å²) in [6.45, 7) is 4.54. The van der Waals surface area contributed by atoms with Gasteiger partial charge >= 0.3 is 0 Å². The highest BCUT2D eigenvalue weighted by molar-refractivity contribution is 5.81. The third-order valence-electron chi connectivity index (χ3n) is 5.56. The van der Waals surface area contributed by atoms with Crippen molar-refractivity contribution in [1.82, 2.24) is 10.2 Å². The molecule has 0 saturated carbocycles. The Kier molecular flexibility index (Phi) is 4.17. The van der Waals surface area contributed by atoms with Gasteiger partial charge in [-0.2, -0.15) is 0 Å². The van der Waals surface area contributed by atoms with E-state index in [0.29, 0.717) is 25.9 Å². The quantitative estimate of drug-likeness (QED) is 0.734. The second kappa shape index (κ2) is 5.93. The van der Waals surface area contributed by atoms with Crippen LogP contribution < -0.4 is 11.1 Å². The molecule has 3 saturated heterocycles. The number of hydrogen-bond donors (Lipinski definition) is 2. The minimum atomic E-state index is -0.231. The smallest absolute Gasteiger partial charge is 0.227 e. The van der Waals surface area contributed by atoms with Crippen molar-refractivity contribution in [3.8, 4) is 0 Å². The molecule has 3 aliphatic heterocycles. The van der Waals surface area contributed by atoms with Crippen LogP contribution in [0.4, 0.5) is 0 Å². The van der Waals surface area contributed by atoms with E-state index in [9.17, 15) is 9.59 Å². The lowest BCUT2D eigenvalue weighted by Gasteiger charge is -2.40. The number of nitrogens with zero attached hydrogens (tertiary/aromatic N) is 1. The Hall–Kier alpha value is -1.14. The van der Waals surface area contributed by atoms with Gasteiger partial charge in [-0.1, -0.05) is 0 Å². The summed E-state index contributed by atoms with van der Waals surface area (Å²) < 4.78 is 5.47. The highest BCUT2D eigenvalue weighted by Crippen LogP contribution is 2.42. The van der Waals surface area contributed by atoms with Crippen molar-refractivity contribution in [2.24, 2.45) is 23.0 Å². The van der Waals surface area contributed by atoms with Crippen molar-refractivity contribution < 1.29 is 14.3 Å². The Morgan fingerprint density at radius 3 is 2.48 bits per heavy atom. The zero-order valence-electron chi connectivity index (χ0n) is 12.5. The Morgan fingerprint density at radius 1 is 1.19 bits per heavy atom. The number of amides is 2. The molecule has 3 fully saturated rings. The Morgan fingerprint density at radius 2 is 1.86 bits per heavy atom. The summed E-state index contributed by atoms with van der Waals surface area (Å²) in [4.78, 5) is 26.0. The van der Waals surface area contributed by atoms with Gasteiger partial charge in [0.15, 0.2) is 0 Å². The first-order valence-corrected chi connectivity index (χ1v) is 7.99. The fourth-order valence-corrected chi connectivity index (χ4v) is 4.06. The first kappa shape index (κ1) is 14.8. The summed E-state index contributed by atoms with van der Waals surface area (Å²) in [6.07, 6.45) is 3.34. The average molecular weight is 295 g/mol. The zero-order valence-corrected chi connectivity index (χ0v) is 12.5. The van der Waals surface area contributed by atoms with Crippen molar-refractivity contribution in [2.75, 3.05) is 39.4 Å². The fourth-order valence-electron chi connectivity index (χ4n) is 4.06. The highest BCUT2D eigenvalue weighted by Gasteiger charge is 2.48. The molecule has 0 radical (unpaired) electrons. The summed E-state index contributed by atoms with van der Waals surface area (Å²) >= 11 is 0. The van der Waals surface area contributed by atoms with Gasteiger partial charge in [-0.05, 0) is 31.1 Å². The molecule has 3 heterocycles. The van der Waals surface area contributed by atoms with Gasteiger partial charge in [-0.15, -0.1) is 0 Å². The largest absolute Gasteiger partial charge is 0.381 e. The van der Waals surface area contributed by atoms with E-state index in [0.717, 1.165) is 39.1 Å². The van der Waals surface area contributed by atoms with Crippen LogP contribution in [0.3, 0.4) is 0 Å². The van der Waals surface area contributed by atoms with Gasteiger partial charge in [-0.25, -0.2) is 0 Å². The van der Waals surface area contributed by atoms with Crippen molar-refractivity contribution in [3.05, 3.63) is 0 Å². The van der Waals surface area contributed by atoms with Gasteiger partial charge in [0.05, 0.1) is 5.92 Å². The second-order valence-electron chi connectivity index (χ2n) is 6.66. The number of carbonyl (C=O) groups is 2. The molecular formula is C15H25N3O3. The number of likely N-dealkylation sites (tertiary alicyclic amines) is 1. The number of primary amides is 1. The Balaban J connectivity index is 1.64. The number of hydrogen-bond acceptors (Lipinski definition) is 4. The van der Waals surface area contributed by atoms with E-state index in [1.165, 1.54) is 0 Å². The third kappa shape index (κ3) is 2.79. The van der Waals surface area contributed by atoms with Crippen molar-refractivity contribution in [3.63, 3.8) is 0 Å². The van der Waals surface area contributed by atoms with E-state index in [1.807, 2.05) is 4.90 Å². The lowest BCUT2D eigenvalue weighted by Crippen LogP contribution is -2.49. The molecule has 0 aliphatic carbocycles. The monoisotopic (exact) mass is 295 g/mol. The van der Waals surface area contributed by atoms with E-state index >= 15 is 0 Å². The van der Waals surface area contributed by atoms with Crippen LogP contribution in [0.5, 0.6) is 0 Å². The molecule has 6 heteroatoms. The number of carbonyl (C=O) groups excluding carboxylic acids is 2. The SMILES string of the molecule is NC(=O)C1CCN(C(=O)C2CNCC23CCOCC3)CC1. The topological polar surface area (TPSA) is 84.7 Å². The molecule has 6 nitrogen and oxygen atoms in total. The zero-order chi connectivity index (χ0) is 14.9. The minimum absolute atomic E-state index is 0.0616. The molecule has 3 N–H and O–H groups in total. The third-order valence-corrected chi connectivity index (χ3v) is 5.56. The molecular weight excluding hydrogens is 270 g/mol. The molecule has 118 valence electrons. The molecule has 0 bridgehead atoms. The molecule has 3 rings (SSSR count). The summed E-state index contributed by atoms with van der Waals surface area (Å²) in [5, 5.41) is 3.40. The van der Waals surface area contributed by atoms with Crippen molar-refractivity contribution in [1.29, 1.82) is 0 Å². The molecule has 1 atom stereocenters. The second-order valence-corrected chi connectivity index (χ2v) is 6.66. The average Bonchev–Trinajstić information content (AvgIpc) is 2.90. The van der Waals surface area contributed by atoms with Gasteiger partial charge < -0.3 is 20.7 Å². The Bertz CT molecular complexity index is 412. The van der Waals surface area contributed by atoms with Crippen LogP contribution in [0, 0.1) is 17.3 Å². The van der Waals surface area contributed by atoms with E-state index < -0.39 is 0 Å². The van der Waals surface area contributed by atoms with Crippen LogP contribution in [0.25, 0.3) is 0 Å². The summed E-state index contributed by atoms with van der Waals surface area (Å²) in [6, 6.07) is 0. The van der Waals surface area contributed by atoms with E-state index in [-0.39, 0.29) is 29.1 Å². The van der Waals surface area contributed by atoms with Crippen LogP contribution in [0.15, 0.2) is 0 Å². The molecule has 21 heavy (non-hydrogen) atoms. The molecule has 1 spiro atoms.